The van der Waals surface area contributed by atoms with Crippen LogP contribution in [0, 0.1) is 6.92 Å². The van der Waals surface area contributed by atoms with Crippen LogP contribution in [0.5, 0.6) is 5.75 Å². The second kappa shape index (κ2) is 6.60. The quantitative estimate of drug-likeness (QED) is 0.731. The van der Waals surface area contributed by atoms with Crippen molar-refractivity contribution in [3.63, 3.8) is 0 Å². The molecule has 0 N–H and O–H groups in total. The maximum absolute atomic E-state index is 12.5. The average Bonchev–Trinajstić information content (AvgIpc) is 3.13. The number of rotatable bonds is 4. The lowest BCUT2D eigenvalue weighted by molar-refractivity contribution is 0.0992. The van der Waals surface area contributed by atoms with Crippen molar-refractivity contribution in [3.05, 3.63) is 40.5 Å². The van der Waals surface area contributed by atoms with Gasteiger partial charge < -0.3 is 9.30 Å². The number of amides is 1. The molecule has 24 heavy (non-hydrogen) atoms. The smallest absolute Gasteiger partial charge is 0.300 e. The van der Waals surface area contributed by atoms with Crippen molar-refractivity contribution in [2.24, 2.45) is 4.99 Å². The van der Waals surface area contributed by atoms with Crippen LogP contribution in [-0.2, 0) is 13.1 Å². The predicted molar refractivity (Wildman–Crippen MR) is 94.6 cm³/mol. The first-order chi connectivity index (χ1) is 11.6. The van der Waals surface area contributed by atoms with Gasteiger partial charge in [0.2, 0.25) is 0 Å². The third-order valence-electron chi connectivity index (χ3n) is 3.90. The fraction of sp³-hybridized carbons (Fsp3) is 0.353. The molecule has 7 heteroatoms. The van der Waals surface area contributed by atoms with Crippen molar-refractivity contribution < 1.29 is 9.53 Å². The molecule has 126 valence electrons. The van der Waals surface area contributed by atoms with E-state index in [0.29, 0.717) is 10.5 Å². The first-order valence-electron chi connectivity index (χ1n) is 7.88. The summed E-state index contributed by atoms with van der Waals surface area (Å²) < 4.78 is 10.1. The molecular formula is C17H20N4O2S. The lowest BCUT2D eigenvalue weighted by Crippen LogP contribution is -2.16. The van der Waals surface area contributed by atoms with Gasteiger partial charge in [0.25, 0.3) is 5.91 Å². The Morgan fingerprint density at radius 1 is 1.29 bits per heavy atom. The summed E-state index contributed by atoms with van der Waals surface area (Å²) in [6.07, 6.45) is 0. The van der Waals surface area contributed by atoms with Gasteiger partial charge in [0, 0.05) is 18.8 Å². The standard InChI is InChI=1S/C17H20N4O2S/c1-5-20-14-8-7-12(23-4)10-15(14)24-17(20)18-16(22)13-9-11(3)21(6-2)19-13/h7-10H,5-6H2,1-4H3. The third-order valence-corrected chi connectivity index (χ3v) is 4.94. The van der Waals surface area contributed by atoms with Crippen LogP contribution in [0.3, 0.4) is 0 Å². The van der Waals surface area contributed by atoms with E-state index in [1.165, 1.54) is 11.3 Å². The number of benzene rings is 1. The molecule has 0 aliphatic rings. The maximum atomic E-state index is 12.5. The van der Waals surface area contributed by atoms with E-state index in [1.807, 2.05) is 43.5 Å². The number of nitrogens with zero attached hydrogens (tertiary/aromatic N) is 4. The van der Waals surface area contributed by atoms with E-state index in [-0.39, 0.29) is 5.91 Å². The van der Waals surface area contributed by atoms with Crippen LogP contribution in [0.1, 0.15) is 30.0 Å². The van der Waals surface area contributed by atoms with E-state index in [2.05, 4.69) is 10.1 Å². The van der Waals surface area contributed by atoms with Crippen molar-refractivity contribution in [3.8, 4) is 5.75 Å². The van der Waals surface area contributed by atoms with Crippen molar-refractivity contribution in [1.29, 1.82) is 0 Å². The Kier molecular flexibility index (Phi) is 4.53. The minimum Gasteiger partial charge on any atom is -0.497 e. The molecule has 0 unspecified atom stereocenters. The van der Waals surface area contributed by atoms with Gasteiger partial charge in [-0.15, -0.1) is 0 Å². The SMILES string of the molecule is CCn1nc(C(=O)N=c2sc3cc(OC)ccc3n2CC)cc1C. The number of carbonyl (C=O) groups is 1. The number of carbonyl (C=O) groups excluding carboxylic acids is 1. The molecule has 0 saturated heterocycles. The highest BCUT2D eigenvalue weighted by Crippen LogP contribution is 2.23. The maximum Gasteiger partial charge on any atom is 0.300 e. The predicted octanol–water partition coefficient (Wildman–Crippen LogP) is 3.00. The van der Waals surface area contributed by atoms with Gasteiger partial charge in [0.15, 0.2) is 10.5 Å². The molecule has 0 aliphatic carbocycles. The van der Waals surface area contributed by atoms with Gasteiger partial charge in [-0.25, -0.2) is 0 Å². The Morgan fingerprint density at radius 3 is 2.71 bits per heavy atom. The molecule has 0 saturated carbocycles. The van der Waals surface area contributed by atoms with Gasteiger partial charge in [-0.2, -0.15) is 10.1 Å². The van der Waals surface area contributed by atoms with Gasteiger partial charge in [0.1, 0.15) is 5.75 Å². The summed E-state index contributed by atoms with van der Waals surface area (Å²) in [5.74, 6) is 0.480. The van der Waals surface area contributed by atoms with Gasteiger partial charge in [-0.1, -0.05) is 11.3 Å². The lowest BCUT2D eigenvalue weighted by atomic mass is 10.3. The van der Waals surface area contributed by atoms with E-state index in [4.69, 9.17) is 4.74 Å². The van der Waals surface area contributed by atoms with E-state index in [1.54, 1.807) is 17.9 Å². The molecule has 1 aromatic carbocycles. The molecule has 2 heterocycles. The number of methoxy groups -OCH3 is 1. The zero-order chi connectivity index (χ0) is 17.3. The normalized spacial score (nSPS) is 12.1. The topological polar surface area (TPSA) is 61.4 Å². The molecule has 3 aromatic rings. The molecule has 3 rings (SSSR count). The summed E-state index contributed by atoms with van der Waals surface area (Å²) in [4.78, 5) is 17.5. The third kappa shape index (κ3) is 2.87. The molecule has 6 nitrogen and oxygen atoms in total. The Bertz CT molecular complexity index is 965. The largest absolute Gasteiger partial charge is 0.497 e. The van der Waals surface area contributed by atoms with Crippen molar-refractivity contribution >= 4 is 27.5 Å². The monoisotopic (exact) mass is 344 g/mol. The van der Waals surface area contributed by atoms with Crippen LogP contribution in [0.2, 0.25) is 0 Å². The van der Waals surface area contributed by atoms with Gasteiger partial charge in [-0.05, 0) is 45.0 Å². The molecule has 1 amide bonds. The van der Waals surface area contributed by atoms with E-state index in [0.717, 1.165) is 34.7 Å². The number of thiazole rings is 1. The molecule has 0 fully saturated rings. The molecule has 0 bridgehead atoms. The summed E-state index contributed by atoms with van der Waals surface area (Å²) in [6, 6.07) is 7.65. The van der Waals surface area contributed by atoms with Crippen molar-refractivity contribution in [2.75, 3.05) is 7.11 Å². The first kappa shape index (κ1) is 16.4. The van der Waals surface area contributed by atoms with E-state index >= 15 is 0 Å². The Labute approximate surface area is 144 Å². The average molecular weight is 344 g/mol. The van der Waals surface area contributed by atoms with Crippen LogP contribution in [0.4, 0.5) is 0 Å². The number of hydrogen-bond acceptors (Lipinski definition) is 4. The summed E-state index contributed by atoms with van der Waals surface area (Å²) in [5, 5.41) is 4.31. The molecule has 0 atom stereocenters. The summed E-state index contributed by atoms with van der Waals surface area (Å²) in [7, 11) is 1.64. The second-order valence-corrected chi connectivity index (χ2v) is 6.38. The summed E-state index contributed by atoms with van der Waals surface area (Å²) in [5.41, 5.74) is 2.39. The minimum atomic E-state index is -0.314. The van der Waals surface area contributed by atoms with Crippen LogP contribution >= 0.6 is 11.3 Å². The van der Waals surface area contributed by atoms with E-state index < -0.39 is 0 Å². The van der Waals surface area contributed by atoms with E-state index in [9.17, 15) is 4.79 Å². The highest BCUT2D eigenvalue weighted by atomic mass is 32.1. The summed E-state index contributed by atoms with van der Waals surface area (Å²) >= 11 is 1.48. The van der Waals surface area contributed by atoms with Crippen molar-refractivity contribution in [1.82, 2.24) is 14.3 Å². The van der Waals surface area contributed by atoms with Crippen LogP contribution < -0.4 is 9.54 Å². The second-order valence-electron chi connectivity index (χ2n) is 5.37. The highest BCUT2D eigenvalue weighted by Gasteiger charge is 2.13. The van der Waals surface area contributed by atoms with Crippen LogP contribution in [0.15, 0.2) is 29.3 Å². The van der Waals surface area contributed by atoms with Gasteiger partial charge >= 0.3 is 0 Å². The Hall–Kier alpha value is -2.41. The number of fused-ring (bicyclic) bond motifs is 1. The highest BCUT2D eigenvalue weighted by molar-refractivity contribution is 7.16. The molecule has 2 aromatic heterocycles. The number of hydrogen-bond donors (Lipinski definition) is 0. The molecule has 0 spiro atoms. The Balaban J connectivity index is 2.09. The van der Waals surface area contributed by atoms with Gasteiger partial charge in [0.05, 0.1) is 17.3 Å². The van der Waals surface area contributed by atoms with Crippen molar-refractivity contribution in [2.45, 2.75) is 33.9 Å². The number of ether oxygens (including phenoxy) is 1. The summed E-state index contributed by atoms with van der Waals surface area (Å²) in [6.45, 7) is 7.44. The molecule has 0 radical (unpaired) electrons. The fourth-order valence-corrected chi connectivity index (χ4v) is 3.77. The molecular weight excluding hydrogens is 324 g/mol. The number of aryl methyl sites for hydroxylation is 3. The molecule has 0 aliphatic heterocycles. The fourth-order valence-electron chi connectivity index (χ4n) is 2.65. The zero-order valence-electron chi connectivity index (χ0n) is 14.2. The number of aromatic nitrogens is 3. The minimum absolute atomic E-state index is 0.314. The first-order valence-corrected chi connectivity index (χ1v) is 8.69. The van der Waals surface area contributed by atoms with Gasteiger partial charge in [-0.3, -0.25) is 9.48 Å². The van der Waals surface area contributed by atoms with Crippen LogP contribution in [-0.4, -0.2) is 27.4 Å². The lowest BCUT2D eigenvalue weighted by Gasteiger charge is -2.01. The zero-order valence-corrected chi connectivity index (χ0v) is 15.1. The Morgan fingerprint density at radius 2 is 2.08 bits per heavy atom. The van der Waals surface area contributed by atoms with Crippen LogP contribution in [0.25, 0.3) is 10.2 Å².